The fourth-order valence-electron chi connectivity index (χ4n) is 4.06. The molecule has 1 fully saturated rings. The van der Waals surface area contributed by atoms with Crippen LogP contribution in [0, 0.1) is 19.8 Å². The first-order valence-corrected chi connectivity index (χ1v) is 9.45. The molecule has 1 aromatic rings. The van der Waals surface area contributed by atoms with Crippen LogP contribution in [0.3, 0.4) is 0 Å². The molecule has 0 aliphatic heterocycles. The Morgan fingerprint density at radius 3 is 2.41 bits per heavy atom. The Hall–Kier alpha value is -2.37. The minimum atomic E-state index is -0.624. The monoisotopic (exact) mass is 374 g/mol. The van der Waals surface area contributed by atoms with Crippen LogP contribution < -0.4 is 0 Å². The summed E-state index contributed by atoms with van der Waals surface area (Å²) in [5.41, 5.74) is 2.13. The summed E-state index contributed by atoms with van der Waals surface area (Å²) in [6, 6.07) is -0.624. The summed E-state index contributed by atoms with van der Waals surface area (Å²) < 4.78 is 6.53. The maximum atomic E-state index is 13.3. The van der Waals surface area contributed by atoms with E-state index in [0.29, 0.717) is 29.1 Å². The standard InChI is InChI=1S/C21H30N2O4/c1-7-12-23(20(25)16-10-8-9-11-16)15(4)19(24)17-13(2)18(21(26)27-6)22(5)14(17)3/h7,15-16H,1,8-12H2,2-6H3/t15-/m1/s1. The molecule has 0 spiro atoms. The number of methoxy groups -OCH3 is 1. The molecular weight excluding hydrogens is 344 g/mol. The quantitative estimate of drug-likeness (QED) is 0.417. The minimum absolute atomic E-state index is 0.0104. The zero-order chi connectivity index (χ0) is 20.3. The Bertz CT molecular complexity index is 757. The van der Waals surface area contributed by atoms with Gasteiger partial charge in [-0.05, 0) is 39.2 Å². The molecule has 6 nitrogen and oxygen atoms in total. The minimum Gasteiger partial charge on any atom is -0.464 e. The molecule has 0 N–H and O–H groups in total. The number of carbonyl (C=O) groups excluding carboxylic acids is 3. The van der Waals surface area contributed by atoms with Crippen LogP contribution in [-0.2, 0) is 16.6 Å². The molecule has 148 valence electrons. The number of ketones is 1. The molecule has 1 aromatic heterocycles. The van der Waals surface area contributed by atoms with Crippen LogP contribution in [0.25, 0.3) is 0 Å². The highest BCUT2D eigenvalue weighted by Crippen LogP contribution is 2.29. The first-order chi connectivity index (χ1) is 12.8. The van der Waals surface area contributed by atoms with Gasteiger partial charge in [-0.2, -0.15) is 0 Å². The van der Waals surface area contributed by atoms with Crippen molar-refractivity contribution in [3.8, 4) is 0 Å². The lowest BCUT2D eigenvalue weighted by Crippen LogP contribution is -2.46. The van der Waals surface area contributed by atoms with Gasteiger partial charge >= 0.3 is 5.97 Å². The molecule has 27 heavy (non-hydrogen) atoms. The Morgan fingerprint density at radius 2 is 1.89 bits per heavy atom. The molecule has 0 bridgehead atoms. The first kappa shape index (κ1) is 20.9. The van der Waals surface area contributed by atoms with Crippen molar-refractivity contribution in [1.29, 1.82) is 0 Å². The maximum Gasteiger partial charge on any atom is 0.354 e. The molecule has 1 amide bonds. The highest BCUT2D eigenvalue weighted by molar-refractivity contribution is 6.06. The van der Waals surface area contributed by atoms with Crippen molar-refractivity contribution < 1.29 is 19.1 Å². The lowest BCUT2D eigenvalue weighted by atomic mass is 9.98. The molecule has 0 aromatic carbocycles. The zero-order valence-corrected chi connectivity index (χ0v) is 17.0. The summed E-state index contributed by atoms with van der Waals surface area (Å²) in [6.07, 6.45) is 5.52. The smallest absolute Gasteiger partial charge is 0.354 e. The second-order valence-corrected chi connectivity index (χ2v) is 7.29. The number of rotatable bonds is 7. The van der Waals surface area contributed by atoms with E-state index in [1.807, 2.05) is 0 Å². The van der Waals surface area contributed by atoms with Gasteiger partial charge in [0.1, 0.15) is 5.69 Å². The molecule has 2 rings (SSSR count). The summed E-state index contributed by atoms with van der Waals surface area (Å²) in [6.45, 7) is 9.37. The van der Waals surface area contributed by atoms with Gasteiger partial charge in [-0.3, -0.25) is 9.59 Å². The number of amides is 1. The molecule has 6 heteroatoms. The number of Topliss-reactive ketones (excluding diaryl/α,β-unsaturated/α-hetero) is 1. The molecule has 1 aliphatic rings. The van der Waals surface area contributed by atoms with Crippen molar-refractivity contribution in [2.45, 2.75) is 52.5 Å². The van der Waals surface area contributed by atoms with E-state index in [2.05, 4.69) is 6.58 Å². The van der Waals surface area contributed by atoms with Gasteiger partial charge in [-0.15, -0.1) is 6.58 Å². The Kier molecular flexibility index (Phi) is 6.63. The van der Waals surface area contributed by atoms with Gasteiger partial charge in [0.15, 0.2) is 5.78 Å². The number of nitrogens with zero attached hydrogens (tertiary/aromatic N) is 2. The van der Waals surface area contributed by atoms with Crippen LogP contribution in [0.1, 0.15) is 64.7 Å². The van der Waals surface area contributed by atoms with E-state index in [4.69, 9.17) is 4.74 Å². The van der Waals surface area contributed by atoms with Gasteiger partial charge in [0.05, 0.1) is 13.2 Å². The summed E-state index contributed by atoms with van der Waals surface area (Å²) in [7, 11) is 3.06. The molecule has 0 unspecified atom stereocenters. The van der Waals surface area contributed by atoms with Crippen molar-refractivity contribution >= 4 is 17.7 Å². The van der Waals surface area contributed by atoms with Gasteiger partial charge in [-0.1, -0.05) is 18.9 Å². The molecule has 1 aliphatic carbocycles. The van der Waals surface area contributed by atoms with E-state index in [1.54, 1.807) is 43.4 Å². The van der Waals surface area contributed by atoms with Gasteiger partial charge in [0.2, 0.25) is 5.91 Å². The molecule has 1 atom stereocenters. The van der Waals surface area contributed by atoms with Gasteiger partial charge in [-0.25, -0.2) is 4.79 Å². The number of ether oxygens (including phenoxy) is 1. The Morgan fingerprint density at radius 1 is 1.30 bits per heavy atom. The number of carbonyl (C=O) groups is 3. The summed E-state index contributed by atoms with van der Waals surface area (Å²) in [5.74, 6) is -0.629. The van der Waals surface area contributed by atoms with E-state index in [1.165, 1.54) is 7.11 Å². The molecule has 1 saturated carbocycles. The predicted octanol–water partition coefficient (Wildman–Crippen LogP) is 3.20. The van der Waals surface area contributed by atoms with Crippen molar-refractivity contribution in [3.05, 3.63) is 35.2 Å². The lowest BCUT2D eigenvalue weighted by Gasteiger charge is -2.30. The normalized spacial score (nSPS) is 15.4. The molecule has 1 heterocycles. The summed E-state index contributed by atoms with van der Waals surface area (Å²) in [5, 5.41) is 0. The topological polar surface area (TPSA) is 68.6 Å². The van der Waals surface area contributed by atoms with E-state index in [0.717, 1.165) is 25.7 Å². The number of hydrogen-bond donors (Lipinski definition) is 0. The van der Waals surface area contributed by atoms with Crippen LogP contribution >= 0.6 is 0 Å². The fourth-order valence-corrected chi connectivity index (χ4v) is 4.06. The average Bonchev–Trinajstić information content (AvgIpc) is 3.25. The largest absolute Gasteiger partial charge is 0.464 e. The van der Waals surface area contributed by atoms with E-state index >= 15 is 0 Å². The summed E-state index contributed by atoms with van der Waals surface area (Å²) >= 11 is 0. The number of hydrogen-bond acceptors (Lipinski definition) is 4. The molecule has 0 radical (unpaired) electrons. The second-order valence-electron chi connectivity index (χ2n) is 7.29. The Balaban J connectivity index is 2.38. The third-order valence-corrected chi connectivity index (χ3v) is 5.72. The van der Waals surface area contributed by atoms with Crippen LogP contribution in [0.15, 0.2) is 12.7 Å². The van der Waals surface area contributed by atoms with Crippen molar-refractivity contribution in [2.24, 2.45) is 13.0 Å². The van der Waals surface area contributed by atoms with Gasteiger partial charge in [0.25, 0.3) is 0 Å². The van der Waals surface area contributed by atoms with Gasteiger partial charge in [0, 0.05) is 30.8 Å². The SMILES string of the molecule is C=CCN(C(=O)C1CCCC1)[C@H](C)C(=O)c1c(C)c(C(=O)OC)n(C)c1C. The fraction of sp³-hybridized carbons (Fsp3) is 0.571. The van der Waals surface area contributed by atoms with Crippen LogP contribution in [-0.4, -0.2) is 46.8 Å². The van der Waals surface area contributed by atoms with Crippen LogP contribution in [0.2, 0.25) is 0 Å². The summed E-state index contributed by atoms with van der Waals surface area (Å²) in [4.78, 5) is 40.0. The third-order valence-electron chi connectivity index (χ3n) is 5.72. The van der Waals surface area contributed by atoms with E-state index in [-0.39, 0.29) is 17.6 Å². The number of aromatic nitrogens is 1. The highest BCUT2D eigenvalue weighted by atomic mass is 16.5. The average molecular weight is 374 g/mol. The highest BCUT2D eigenvalue weighted by Gasteiger charge is 2.35. The van der Waals surface area contributed by atoms with Crippen molar-refractivity contribution in [2.75, 3.05) is 13.7 Å². The Labute approximate surface area is 161 Å². The zero-order valence-electron chi connectivity index (χ0n) is 17.0. The van der Waals surface area contributed by atoms with E-state index in [9.17, 15) is 14.4 Å². The third kappa shape index (κ3) is 3.84. The maximum absolute atomic E-state index is 13.3. The predicted molar refractivity (Wildman–Crippen MR) is 104 cm³/mol. The van der Waals surface area contributed by atoms with Crippen molar-refractivity contribution in [3.63, 3.8) is 0 Å². The van der Waals surface area contributed by atoms with E-state index < -0.39 is 12.0 Å². The number of esters is 1. The first-order valence-electron chi connectivity index (χ1n) is 9.45. The molecular formula is C21H30N2O4. The van der Waals surface area contributed by atoms with Crippen molar-refractivity contribution in [1.82, 2.24) is 9.47 Å². The molecule has 0 saturated heterocycles. The van der Waals surface area contributed by atoms with Gasteiger partial charge < -0.3 is 14.2 Å². The lowest BCUT2D eigenvalue weighted by molar-refractivity contribution is -0.136. The van der Waals surface area contributed by atoms with Crippen LogP contribution in [0.4, 0.5) is 0 Å². The second kappa shape index (κ2) is 8.55. The van der Waals surface area contributed by atoms with Crippen LogP contribution in [0.5, 0.6) is 0 Å².